The number of rotatable bonds is 11. The minimum Gasteiger partial charge on any atom is -0.384 e. The zero-order valence-electron chi connectivity index (χ0n) is 18.1. The van der Waals surface area contributed by atoms with Crippen molar-refractivity contribution in [2.45, 2.75) is 19.0 Å². The van der Waals surface area contributed by atoms with Gasteiger partial charge in [0.1, 0.15) is 11.9 Å². The molecule has 170 valence electrons. The SMILES string of the molecule is N=C(N)c1ccc(CNC(C(=O)NCC(=O)NCCc2ccccn2)c2ccccn2)cc1. The van der Waals surface area contributed by atoms with E-state index in [1.54, 1.807) is 42.7 Å². The van der Waals surface area contributed by atoms with Crippen molar-refractivity contribution in [3.8, 4) is 0 Å². The maximum atomic E-state index is 12.9. The highest BCUT2D eigenvalue weighted by Gasteiger charge is 2.21. The van der Waals surface area contributed by atoms with E-state index in [1.807, 2.05) is 30.3 Å². The molecule has 0 spiro atoms. The molecule has 1 atom stereocenters. The molecule has 0 aliphatic carbocycles. The van der Waals surface area contributed by atoms with Gasteiger partial charge in [-0.25, -0.2) is 0 Å². The van der Waals surface area contributed by atoms with Crippen LogP contribution in [0.15, 0.2) is 73.1 Å². The normalized spacial score (nSPS) is 11.4. The van der Waals surface area contributed by atoms with Crippen LogP contribution < -0.4 is 21.7 Å². The van der Waals surface area contributed by atoms with Crippen molar-refractivity contribution in [3.63, 3.8) is 0 Å². The lowest BCUT2D eigenvalue weighted by Crippen LogP contribution is -2.43. The first-order valence-electron chi connectivity index (χ1n) is 10.5. The average molecular weight is 446 g/mol. The van der Waals surface area contributed by atoms with E-state index in [0.29, 0.717) is 30.8 Å². The molecule has 9 heteroatoms. The number of amides is 2. The predicted octanol–water partition coefficient (Wildman–Crippen LogP) is 1.07. The summed E-state index contributed by atoms with van der Waals surface area (Å²) in [6.45, 7) is 0.687. The van der Waals surface area contributed by atoms with Crippen molar-refractivity contribution < 1.29 is 9.59 Å². The van der Waals surface area contributed by atoms with Crippen LogP contribution in [0.1, 0.15) is 28.6 Å². The van der Waals surface area contributed by atoms with Crippen LogP contribution in [0.4, 0.5) is 0 Å². The molecule has 6 N–H and O–H groups in total. The molecule has 3 aromatic rings. The lowest BCUT2D eigenvalue weighted by molar-refractivity contribution is -0.127. The highest BCUT2D eigenvalue weighted by Crippen LogP contribution is 2.12. The van der Waals surface area contributed by atoms with Gasteiger partial charge in [-0.05, 0) is 29.8 Å². The number of nitrogens with one attached hydrogen (secondary N) is 4. The van der Waals surface area contributed by atoms with Crippen molar-refractivity contribution in [1.29, 1.82) is 5.41 Å². The van der Waals surface area contributed by atoms with Crippen LogP contribution in [-0.2, 0) is 22.6 Å². The number of carbonyl (C=O) groups excluding carboxylic acids is 2. The number of carbonyl (C=O) groups is 2. The topological polar surface area (TPSA) is 146 Å². The molecular formula is C24H27N7O2. The Morgan fingerprint density at radius 3 is 2.30 bits per heavy atom. The largest absolute Gasteiger partial charge is 0.384 e. The molecule has 3 rings (SSSR count). The molecule has 0 saturated carbocycles. The Kier molecular flexibility index (Phi) is 8.61. The van der Waals surface area contributed by atoms with Crippen LogP contribution in [0.25, 0.3) is 0 Å². The van der Waals surface area contributed by atoms with Crippen molar-refractivity contribution >= 4 is 17.6 Å². The molecule has 2 amide bonds. The zero-order chi connectivity index (χ0) is 23.5. The van der Waals surface area contributed by atoms with Crippen LogP contribution in [-0.4, -0.2) is 40.7 Å². The number of hydrogen-bond donors (Lipinski definition) is 5. The number of benzene rings is 1. The summed E-state index contributed by atoms with van der Waals surface area (Å²) in [7, 11) is 0. The Morgan fingerprint density at radius 1 is 0.939 bits per heavy atom. The Balaban J connectivity index is 1.53. The van der Waals surface area contributed by atoms with Gasteiger partial charge in [0.2, 0.25) is 11.8 Å². The van der Waals surface area contributed by atoms with Crippen molar-refractivity contribution in [2.24, 2.45) is 5.73 Å². The quantitative estimate of drug-likeness (QED) is 0.220. The number of pyridine rings is 2. The van der Waals surface area contributed by atoms with E-state index in [-0.39, 0.29) is 24.2 Å². The summed E-state index contributed by atoms with van der Waals surface area (Å²) in [4.78, 5) is 33.5. The Hall–Kier alpha value is -4.11. The first kappa shape index (κ1) is 23.6. The molecule has 1 aromatic carbocycles. The third-order valence-electron chi connectivity index (χ3n) is 4.87. The molecular weight excluding hydrogens is 418 g/mol. The monoisotopic (exact) mass is 445 g/mol. The molecule has 0 aliphatic rings. The van der Waals surface area contributed by atoms with E-state index < -0.39 is 6.04 Å². The summed E-state index contributed by atoms with van der Waals surface area (Å²) in [6, 6.07) is 17.4. The molecule has 0 bridgehead atoms. The Bertz CT molecular complexity index is 1060. The second-order valence-corrected chi connectivity index (χ2v) is 7.32. The van der Waals surface area contributed by atoms with Crippen LogP contribution >= 0.6 is 0 Å². The van der Waals surface area contributed by atoms with Crippen LogP contribution in [0.3, 0.4) is 0 Å². The van der Waals surface area contributed by atoms with Gasteiger partial charge < -0.3 is 16.4 Å². The number of hydrogen-bond acceptors (Lipinski definition) is 6. The van der Waals surface area contributed by atoms with Gasteiger partial charge in [-0.3, -0.25) is 30.3 Å². The minimum absolute atomic E-state index is 0.00134. The molecule has 2 heterocycles. The maximum absolute atomic E-state index is 12.9. The standard InChI is InChI=1S/C24H27N7O2/c25-23(26)18-9-7-17(8-10-18)15-30-22(20-6-2-4-13-28-20)24(33)31-16-21(32)29-14-11-19-5-1-3-12-27-19/h1-10,12-13,22,30H,11,14-16H2,(H3,25,26)(H,29,32)(H,31,33). The third-order valence-corrected chi connectivity index (χ3v) is 4.87. The minimum atomic E-state index is -0.736. The number of nitrogens with two attached hydrogens (primary N) is 1. The van der Waals surface area contributed by atoms with Gasteiger partial charge in [0.15, 0.2) is 0 Å². The Labute approximate surface area is 192 Å². The lowest BCUT2D eigenvalue weighted by atomic mass is 10.1. The summed E-state index contributed by atoms with van der Waals surface area (Å²) < 4.78 is 0. The first-order chi connectivity index (χ1) is 16.0. The van der Waals surface area contributed by atoms with Gasteiger partial charge in [0, 0.05) is 43.2 Å². The number of nitrogens with zero attached hydrogens (tertiary/aromatic N) is 2. The molecule has 33 heavy (non-hydrogen) atoms. The number of amidine groups is 1. The highest BCUT2D eigenvalue weighted by atomic mass is 16.2. The van der Waals surface area contributed by atoms with Gasteiger partial charge >= 0.3 is 0 Å². The van der Waals surface area contributed by atoms with E-state index in [0.717, 1.165) is 11.3 Å². The summed E-state index contributed by atoms with van der Waals surface area (Å²) in [5.41, 5.74) is 8.47. The maximum Gasteiger partial charge on any atom is 0.243 e. The molecule has 0 aliphatic heterocycles. The molecule has 0 radical (unpaired) electrons. The second kappa shape index (κ2) is 12.1. The summed E-state index contributed by atoms with van der Waals surface area (Å²) in [6.07, 6.45) is 3.93. The van der Waals surface area contributed by atoms with E-state index in [2.05, 4.69) is 25.9 Å². The van der Waals surface area contributed by atoms with E-state index >= 15 is 0 Å². The zero-order valence-corrected chi connectivity index (χ0v) is 18.1. The fraction of sp³-hybridized carbons (Fsp3) is 0.208. The molecule has 1 unspecified atom stereocenters. The predicted molar refractivity (Wildman–Crippen MR) is 125 cm³/mol. The van der Waals surface area contributed by atoms with Crippen LogP contribution in [0, 0.1) is 5.41 Å². The van der Waals surface area contributed by atoms with Gasteiger partial charge in [0.05, 0.1) is 12.2 Å². The van der Waals surface area contributed by atoms with Gasteiger partial charge in [-0.2, -0.15) is 0 Å². The van der Waals surface area contributed by atoms with Crippen LogP contribution in [0.5, 0.6) is 0 Å². The van der Waals surface area contributed by atoms with Crippen molar-refractivity contribution in [3.05, 3.63) is 95.6 Å². The summed E-state index contributed by atoms with van der Waals surface area (Å²) >= 11 is 0. The van der Waals surface area contributed by atoms with Gasteiger partial charge in [0.25, 0.3) is 0 Å². The Morgan fingerprint density at radius 2 is 1.67 bits per heavy atom. The van der Waals surface area contributed by atoms with E-state index in [9.17, 15) is 9.59 Å². The second-order valence-electron chi connectivity index (χ2n) is 7.32. The third kappa shape index (κ3) is 7.51. The molecule has 9 nitrogen and oxygen atoms in total. The van der Waals surface area contributed by atoms with Gasteiger partial charge in [-0.1, -0.05) is 36.4 Å². The summed E-state index contributed by atoms with van der Waals surface area (Å²) in [5.74, 6) is -0.633. The van der Waals surface area contributed by atoms with Crippen molar-refractivity contribution in [2.75, 3.05) is 13.1 Å². The van der Waals surface area contributed by atoms with Crippen molar-refractivity contribution in [1.82, 2.24) is 25.9 Å². The fourth-order valence-corrected chi connectivity index (χ4v) is 3.11. The lowest BCUT2D eigenvalue weighted by Gasteiger charge is -2.18. The molecule has 0 fully saturated rings. The van der Waals surface area contributed by atoms with E-state index in [4.69, 9.17) is 11.1 Å². The summed E-state index contributed by atoms with van der Waals surface area (Å²) in [5, 5.41) is 16.1. The smallest absolute Gasteiger partial charge is 0.243 e. The number of aromatic nitrogens is 2. The van der Waals surface area contributed by atoms with Crippen LogP contribution in [0.2, 0.25) is 0 Å². The van der Waals surface area contributed by atoms with E-state index in [1.165, 1.54) is 0 Å². The average Bonchev–Trinajstić information content (AvgIpc) is 2.84. The molecule has 2 aromatic heterocycles. The first-order valence-corrected chi connectivity index (χ1v) is 10.5. The fourth-order valence-electron chi connectivity index (χ4n) is 3.11. The highest BCUT2D eigenvalue weighted by molar-refractivity contribution is 5.94. The molecule has 0 saturated heterocycles. The number of nitrogen functional groups attached to an aromatic ring is 1. The van der Waals surface area contributed by atoms with Gasteiger partial charge in [-0.15, -0.1) is 0 Å².